The Balaban J connectivity index is 2.26. The maximum atomic E-state index is 12.6. The lowest BCUT2D eigenvalue weighted by Crippen LogP contribution is -2.12. The number of hydrogen-bond donors (Lipinski definition) is 1. The lowest BCUT2D eigenvalue weighted by Gasteiger charge is -2.08. The number of aryl methyl sites for hydroxylation is 1. The maximum Gasteiger partial charge on any atom is 0.416 e. The molecule has 8 heteroatoms. The summed E-state index contributed by atoms with van der Waals surface area (Å²) in [5.74, 6) is -0.720. The van der Waals surface area contributed by atoms with Crippen molar-refractivity contribution in [2.24, 2.45) is 5.73 Å². The number of nitrogens with zero attached hydrogens (tertiary/aromatic N) is 1. The molecule has 1 amide bonds. The van der Waals surface area contributed by atoms with E-state index in [0.29, 0.717) is 4.88 Å². The topological polar surface area (TPSA) is 65.2 Å². The van der Waals surface area contributed by atoms with Gasteiger partial charge in [-0.25, -0.2) is 0 Å². The maximum absolute atomic E-state index is 12.6. The summed E-state index contributed by atoms with van der Waals surface area (Å²) in [5, 5.41) is 0.0654. The molecule has 0 bridgehead atoms. The zero-order chi connectivity index (χ0) is 14.9. The first-order valence-corrected chi connectivity index (χ1v) is 6.21. The van der Waals surface area contributed by atoms with E-state index >= 15 is 0 Å². The summed E-state index contributed by atoms with van der Waals surface area (Å²) >= 11 is 1.04. The second-order valence-corrected chi connectivity index (χ2v) is 5.04. The quantitative estimate of drug-likeness (QED) is 0.945. The summed E-state index contributed by atoms with van der Waals surface area (Å²) in [6.45, 7) is 1.62. The van der Waals surface area contributed by atoms with E-state index in [1.807, 2.05) is 0 Å². The molecular weight excluding hydrogens is 293 g/mol. The van der Waals surface area contributed by atoms with Gasteiger partial charge in [0.15, 0.2) is 0 Å². The van der Waals surface area contributed by atoms with E-state index in [0.717, 1.165) is 23.5 Å². The van der Waals surface area contributed by atoms with Gasteiger partial charge >= 0.3 is 6.18 Å². The normalized spacial score (nSPS) is 11.4. The van der Waals surface area contributed by atoms with Crippen LogP contribution in [-0.2, 0) is 6.18 Å². The summed E-state index contributed by atoms with van der Waals surface area (Å²) in [4.78, 5) is 15.4. The average Bonchev–Trinajstić information content (AvgIpc) is 2.69. The molecule has 2 N–H and O–H groups in total. The van der Waals surface area contributed by atoms with Gasteiger partial charge in [-0.2, -0.15) is 18.2 Å². The molecule has 0 saturated heterocycles. The first kappa shape index (κ1) is 14.3. The molecule has 0 saturated carbocycles. The third-order valence-electron chi connectivity index (χ3n) is 2.38. The number of nitrogens with two attached hydrogens (primary N) is 1. The van der Waals surface area contributed by atoms with Gasteiger partial charge in [0.25, 0.3) is 11.1 Å². The number of alkyl halides is 3. The van der Waals surface area contributed by atoms with Gasteiger partial charge in [0.1, 0.15) is 11.4 Å². The van der Waals surface area contributed by atoms with E-state index in [2.05, 4.69) is 4.98 Å². The van der Waals surface area contributed by atoms with Gasteiger partial charge in [-0.3, -0.25) is 4.79 Å². The molecule has 0 spiro atoms. The van der Waals surface area contributed by atoms with Crippen LogP contribution in [0.15, 0.2) is 24.3 Å². The third kappa shape index (κ3) is 3.08. The highest BCUT2D eigenvalue weighted by atomic mass is 32.1. The number of carbonyl (C=O) groups excluding carboxylic acids is 1. The molecule has 0 radical (unpaired) electrons. The van der Waals surface area contributed by atoms with Gasteiger partial charge in [-0.1, -0.05) is 17.4 Å². The van der Waals surface area contributed by atoms with Crippen molar-refractivity contribution in [3.05, 3.63) is 40.4 Å². The Morgan fingerprint density at radius 2 is 2.10 bits per heavy atom. The number of primary amides is 1. The highest BCUT2D eigenvalue weighted by Gasteiger charge is 2.30. The minimum absolute atomic E-state index is 0.00963. The fraction of sp³-hybridized carbons (Fsp3) is 0.167. The molecule has 106 valence electrons. The Bertz CT molecular complexity index is 652. The molecule has 0 atom stereocenters. The minimum Gasteiger partial charge on any atom is -0.431 e. The number of halogens is 3. The molecule has 2 rings (SSSR count). The smallest absolute Gasteiger partial charge is 0.416 e. The van der Waals surface area contributed by atoms with Crippen LogP contribution in [0.2, 0.25) is 0 Å². The average molecular weight is 302 g/mol. The zero-order valence-corrected chi connectivity index (χ0v) is 11.0. The molecule has 20 heavy (non-hydrogen) atoms. The molecule has 0 fully saturated rings. The van der Waals surface area contributed by atoms with Crippen LogP contribution in [0.5, 0.6) is 10.9 Å². The Labute approximate surface area is 116 Å². The number of carbonyl (C=O) groups is 1. The highest BCUT2D eigenvalue weighted by Crippen LogP contribution is 2.34. The Kier molecular flexibility index (Phi) is 3.67. The van der Waals surface area contributed by atoms with Crippen LogP contribution in [0.1, 0.15) is 20.9 Å². The van der Waals surface area contributed by atoms with Gasteiger partial charge in [0, 0.05) is 4.88 Å². The van der Waals surface area contributed by atoms with Crippen LogP contribution >= 0.6 is 11.3 Å². The van der Waals surface area contributed by atoms with E-state index in [1.54, 1.807) is 6.92 Å². The predicted octanol–water partition coefficient (Wildman–Crippen LogP) is 3.36. The summed E-state index contributed by atoms with van der Waals surface area (Å²) < 4.78 is 42.9. The third-order valence-corrected chi connectivity index (χ3v) is 3.23. The first-order valence-electron chi connectivity index (χ1n) is 5.39. The lowest BCUT2D eigenvalue weighted by atomic mass is 10.2. The Morgan fingerprint density at radius 3 is 2.65 bits per heavy atom. The second-order valence-electron chi connectivity index (χ2n) is 3.88. The van der Waals surface area contributed by atoms with Crippen LogP contribution < -0.4 is 10.5 Å². The van der Waals surface area contributed by atoms with E-state index in [1.165, 1.54) is 12.1 Å². The number of hydrogen-bond acceptors (Lipinski definition) is 4. The van der Waals surface area contributed by atoms with Crippen molar-refractivity contribution < 1.29 is 22.7 Å². The predicted molar refractivity (Wildman–Crippen MR) is 66.9 cm³/mol. The van der Waals surface area contributed by atoms with Crippen molar-refractivity contribution in [3.63, 3.8) is 0 Å². The van der Waals surface area contributed by atoms with Crippen molar-refractivity contribution >= 4 is 17.2 Å². The SMILES string of the molecule is Cc1sc(Oc2cccc(C(F)(F)F)c2)nc1C(N)=O. The van der Waals surface area contributed by atoms with E-state index in [4.69, 9.17) is 10.5 Å². The zero-order valence-electron chi connectivity index (χ0n) is 10.2. The lowest BCUT2D eigenvalue weighted by molar-refractivity contribution is -0.137. The van der Waals surface area contributed by atoms with Gasteiger partial charge in [-0.05, 0) is 25.1 Å². The van der Waals surface area contributed by atoms with Crippen LogP contribution in [0.3, 0.4) is 0 Å². The molecule has 1 aromatic heterocycles. The van der Waals surface area contributed by atoms with Gasteiger partial charge in [0.2, 0.25) is 0 Å². The summed E-state index contributed by atoms with van der Waals surface area (Å²) in [6, 6.07) is 4.40. The largest absolute Gasteiger partial charge is 0.431 e. The van der Waals surface area contributed by atoms with Crippen LogP contribution in [0, 0.1) is 6.92 Å². The van der Waals surface area contributed by atoms with Crippen LogP contribution in [-0.4, -0.2) is 10.9 Å². The molecule has 2 aromatic rings. The van der Waals surface area contributed by atoms with Crippen molar-refractivity contribution in [1.29, 1.82) is 0 Å². The number of amides is 1. The minimum atomic E-state index is -4.45. The molecule has 1 aromatic carbocycles. The van der Waals surface area contributed by atoms with Crippen molar-refractivity contribution in [3.8, 4) is 10.9 Å². The number of rotatable bonds is 3. The van der Waals surface area contributed by atoms with Gasteiger partial charge in [-0.15, -0.1) is 0 Å². The standard InChI is InChI=1S/C12H9F3N2O2S/c1-6-9(10(16)18)17-11(20-6)19-8-4-2-3-7(5-8)12(13,14)15/h2-5H,1H3,(H2,16,18). The highest BCUT2D eigenvalue weighted by molar-refractivity contribution is 7.13. The van der Waals surface area contributed by atoms with E-state index in [-0.39, 0.29) is 16.6 Å². The summed E-state index contributed by atoms with van der Waals surface area (Å²) in [5.41, 5.74) is 4.34. The number of benzene rings is 1. The number of thiazole rings is 1. The number of ether oxygens (including phenoxy) is 1. The van der Waals surface area contributed by atoms with Gasteiger partial charge < -0.3 is 10.5 Å². The molecule has 0 aliphatic heterocycles. The van der Waals surface area contributed by atoms with Crippen molar-refractivity contribution in [2.45, 2.75) is 13.1 Å². The van der Waals surface area contributed by atoms with Crippen LogP contribution in [0.25, 0.3) is 0 Å². The van der Waals surface area contributed by atoms with Crippen LogP contribution in [0.4, 0.5) is 13.2 Å². The molecule has 0 aliphatic rings. The molecule has 0 aliphatic carbocycles. The Hall–Kier alpha value is -2.09. The molecular formula is C12H9F3N2O2S. The first-order chi connectivity index (χ1) is 9.27. The van der Waals surface area contributed by atoms with E-state index < -0.39 is 17.6 Å². The summed E-state index contributed by atoms with van der Waals surface area (Å²) in [6.07, 6.45) is -4.45. The monoisotopic (exact) mass is 302 g/mol. The summed E-state index contributed by atoms with van der Waals surface area (Å²) in [7, 11) is 0. The fourth-order valence-corrected chi connectivity index (χ4v) is 2.26. The van der Waals surface area contributed by atoms with Crippen molar-refractivity contribution in [2.75, 3.05) is 0 Å². The van der Waals surface area contributed by atoms with E-state index in [9.17, 15) is 18.0 Å². The Morgan fingerprint density at radius 1 is 1.40 bits per heavy atom. The number of aromatic nitrogens is 1. The molecule has 4 nitrogen and oxygen atoms in total. The van der Waals surface area contributed by atoms with Crippen molar-refractivity contribution in [1.82, 2.24) is 4.98 Å². The molecule has 0 unspecified atom stereocenters. The molecule has 1 heterocycles. The van der Waals surface area contributed by atoms with Gasteiger partial charge in [0.05, 0.1) is 5.56 Å². The second kappa shape index (κ2) is 5.12. The fourth-order valence-electron chi connectivity index (χ4n) is 1.48.